The molecule has 0 saturated heterocycles. The van der Waals surface area contributed by atoms with Gasteiger partial charge in [-0.3, -0.25) is 0 Å². The molecule has 36 heavy (non-hydrogen) atoms. The summed E-state index contributed by atoms with van der Waals surface area (Å²) < 4.78 is 29.5. The first-order chi connectivity index (χ1) is 17.7. The number of nitrogens with zero attached hydrogens (tertiary/aromatic N) is 4. The molecule has 0 fully saturated rings. The molecule has 0 aliphatic rings. The fourth-order valence-electron chi connectivity index (χ4n) is 3.84. The zero-order valence-corrected chi connectivity index (χ0v) is 19.2. The van der Waals surface area contributed by atoms with Crippen molar-refractivity contribution >= 4 is 0 Å². The molecule has 2 heterocycles. The highest BCUT2D eigenvalue weighted by atomic mass is 19.1. The van der Waals surface area contributed by atoms with Crippen LogP contribution >= 0.6 is 0 Å². The second-order valence-electron chi connectivity index (χ2n) is 7.94. The lowest BCUT2D eigenvalue weighted by Gasteiger charge is -2.07. The second-order valence-corrected chi connectivity index (χ2v) is 7.94. The van der Waals surface area contributed by atoms with Crippen molar-refractivity contribution in [2.24, 2.45) is 0 Å². The molecule has 4 nitrogen and oxygen atoms in total. The number of hydrogen-bond acceptors (Lipinski definition) is 2. The molecule has 0 aliphatic carbocycles. The van der Waals surface area contributed by atoms with Crippen LogP contribution in [0.1, 0.15) is 0 Å². The molecule has 176 valence electrons. The largest absolute Gasteiger partial charge is 0.233 e. The van der Waals surface area contributed by atoms with Crippen LogP contribution in [0.5, 0.6) is 0 Å². The van der Waals surface area contributed by atoms with Crippen LogP contribution in [0.15, 0.2) is 134 Å². The van der Waals surface area contributed by atoms with Crippen molar-refractivity contribution in [2.75, 3.05) is 0 Å². The van der Waals surface area contributed by atoms with Gasteiger partial charge in [-0.2, -0.15) is 10.2 Å². The fraction of sp³-hybridized carbons (Fsp3) is 0. The van der Waals surface area contributed by atoms with Crippen molar-refractivity contribution in [3.63, 3.8) is 0 Å². The van der Waals surface area contributed by atoms with Gasteiger partial charge in [0, 0.05) is 11.1 Å². The maximum absolute atomic E-state index is 12.9. The topological polar surface area (TPSA) is 35.6 Å². The number of hydrogen-bond donors (Lipinski definition) is 0. The van der Waals surface area contributed by atoms with Crippen LogP contribution < -0.4 is 0 Å². The average Bonchev–Trinajstić information content (AvgIpc) is 3.62. The monoisotopic (exact) mass is 476 g/mol. The summed E-state index contributed by atoms with van der Waals surface area (Å²) >= 11 is 0. The van der Waals surface area contributed by atoms with Crippen LogP contribution in [0.4, 0.5) is 8.78 Å². The Morgan fingerprint density at radius 3 is 1.14 bits per heavy atom. The summed E-state index contributed by atoms with van der Waals surface area (Å²) in [6, 6.07) is 36.4. The van der Waals surface area contributed by atoms with Crippen LogP contribution in [0.3, 0.4) is 0 Å². The highest BCUT2D eigenvalue weighted by Crippen LogP contribution is 2.23. The SMILES string of the molecule is Fc1ccc(-c2ccnn2-c2ccccc2)cc1.Fc1ccc(-c2ccnn2-c2ccccc2)cc1. The molecule has 6 heteroatoms. The van der Waals surface area contributed by atoms with E-state index in [1.165, 1.54) is 24.3 Å². The Balaban J connectivity index is 0.000000148. The van der Waals surface area contributed by atoms with E-state index in [-0.39, 0.29) is 11.6 Å². The van der Waals surface area contributed by atoms with E-state index in [1.807, 2.05) is 82.2 Å². The third kappa shape index (κ3) is 5.13. The highest BCUT2D eigenvalue weighted by molar-refractivity contribution is 5.62. The molecular formula is C30H22F2N4. The molecule has 4 aromatic carbocycles. The Kier molecular flexibility index (Phi) is 6.76. The fourth-order valence-corrected chi connectivity index (χ4v) is 3.84. The van der Waals surface area contributed by atoms with Gasteiger partial charge in [0.15, 0.2) is 0 Å². The van der Waals surface area contributed by atoms with Crippen LogP contribution in [0.25, 0.3) is 33.9 Å². The van der Waals surface area contributed by atoms with Crippen molar-refractivity contribution in [1.82, 2.24) is 19.6 Å². The first-order valence-electron chi connectivity index (χ1n) is 11.4. The summed E-state index contributed by atoms with van der Waals surface area (Å²) in [6.45, 7) is 0. The van der Waals surface area contributed by atoms with Gasteiger partial charge in [-0.25, -0.2) is 18.1 Å². The first-order valence-corrected chi connectivity index (χ1v) is 11.4. The molecule has 0 aliphatic heterocycles. The Bertz CT molecular complexity index is 1400. The molecule has 0 spiro atoms. The number of aromatic nitrogens is 4. The van der Waals surface area contributed by atoms with Crippen LogP contribution in [0, 0.1) is 11.6 Å². The maximum Gasteiger partial charge on any atom is 0.123 e. The summed E-state index contributed by atoms with van der Waals surface area (Å²) in [5.74, 6) is -0.464. The molecule has 6 rings (SSSR count). The third-order valence-corrected chi connectivity index (χ3v) is 5.57. The highest BCUT2D eigenvalue weighted by Gasteiger charge is 2.08. The molecule has 0 N–H and O–H groups in total. The van der Waals surface area contributed by atoms with Gasteiger partial charge >= 0.3 is 0 Å². The van der Waals surface area contributed by atoms with Gasteiger partial charge in [0.2, 0.25) is 0 Å². The Hall–Kier alpha value is -4.84. The van der Waals surface area contributed by atoms with Gasteiger partial charge in [0.25, 0.3) is 0 Å². The summed E-state index contributed by atoms with van der Waals surface area (Å²) in [6.07, 6.45) is 3.48. The predicted molar refractivity (Wildman–Crippen MR) is 138 cm³/mol. The van der Waals surface area contributed by atoms with Gasteiger partial charge in [-0.15, -0.1) is 0 Å². The van der Waals surface area contributed by atoms with Crippen molar-refractivity contribution < 1.29 is 8.78 Å². The van der Waals surface area contributed by atoms with Gasteiger partial charge in [-0.1, -0.05) is 36.4 Å². The molecule has 0 amide bonds. The van der Waals surface area contributed by atoms with Crippen molar-refractivity contribution in [2.45, 2.75) is 0 Å². The summed E-state index contributed by atoms with van der Waals surface area (Å²) in [5.41, 5.74) is 5.75. The molecule has 0 unspecified atom stereocenters. The van der Waals surface area contributed by atoms with Crippen molar-refractivity contribution in [1.29, 1.82) is 0 Å². The maximum atomic E-state index is 12.9. The predicted octanol–water partition coefficient (Wildman–Crippen LogP) is 7.36. The van der Waals surface area contributed by atoms with E-state index >= 15 is 0 Å². The lowest BCUT2D eigenvalue weighted by atomic mass is 10.1. The van der Waals surface area contributed by atoms with E-state index in [0.29, 0.717) is 0 Å². The van der Waals surface area contributed by atoms with E-state index in [9.17, 15) is 8.78 Å². The minimum absolute atomic E-state index is 0.232. The minimum Gasteiger partial charge on any atom is -0.233 e. The zero-order chi connectivity index (χ0) is 24.7. The van der Waals surface area contributed by atoms with Gasteiger partial charge in [-0.05, 0) is 84.9 Å². The second kappa shape index (κ2) is 10.6. The number of benzene rings is 4. The van der Waals surface area contributed by atoms with E-state index < -0.39 is 0 Å². The van der Waals surface area contributed by atoms with Gasteiger partial charge < -0.3 is 0 Å². The number of halogens is 2. The summed E-state index contributed by atoms with van der Waals surface area (Å²) in [4.78, 5) is 0. The molecule has 0 bridgehead atoms. The zero-order valence-electron chi connectivity index (χ0n) is 19.2. The lowest BCUT2D eigenvalue weighted by molar-refractivity contribution is 0.627. The Morgan fingerprint density at radius 2 is 0.778 bits per heavy atom. The third-order valence-electron chi connectivity index (χ3n) is 5.57. The van der Waals surface area contributed by atoms with E-state index in [4.69, 9.17) is 0 Å². The standard InChI is InChI=1S/2C15H11FN2/c2*16-13-8-6-12(7-9-13)15-10-11-17-18(15)14-4-2-1-3-5-14/h2*1-11H. The Labute approximate surface area is 207 Å². The quantitative estimate of drug-likeness (QED) is 0.267. The number of para-hydroxylation sites is 2. The first kappa shape index (κ1) is 22.9. The normalized spacial score (nSPS) is 10.5. The summed E-state index contributed by atoms with van der Waals surface area (Å²) in [7, 11) is 0. The van der Waals surface area contributed by atoms with E-state index in [2.05, 4.69) is 10.2 Å². The summed E-state index contributed by atoms with van der Waals surface area (Å²) in [5, 5.41) is 8.62. The number of rotatable bonds is 4. The minimum atomic E-state index is -0.232. The van der Waals surface area contributed by atoms with Crippen LogP contribution in [-0.4, -0.2) is 19.6 Å². The molecule has 0 saturated carbocycles. The molecule has 6 aromatic rings. The van der Waals surface area contributed by atoms with Crippen molar-refractivity contribution in [3.8, 4) is 33.9 Å². The van der Waals surface area contributed by atoms with Crippen molar-refractivity contribution in [3.05, 3.63) is 145 Å². The Morgan fingerprint density at radius 1 is 0.417 bits per heavy atom. The van der Waals surface area contributed by atoms with Crippen LogP contribution in [0.2, 0.25) is 0 Å². The van der Waals surface area contributed by atoms with E-state index in [1.54, 1.807) is 36.7 Å². The smallest absolute Gasteiger partial charge is 0.123 e. The molecule has 0 radical (unpaired) electrons. The average molecular weight is 477 g/mol. The molecule has 0 atom stereocenters. The van der Waals surface area contributed by atoms with Gasteiger partial charge in [0.1, 0.15) is 11.6 Å². The lowest BCUT2D eigenvalue weighted by Crippen LogP contribution is -1.98. The van der Waals surface area contributed by atoms with E-state index in [0.717, 1.165) is 33.9 Å². The molecule has 2 aromatic heterocycles. The molecular weight excluding hydrogens is 454 g/mol. The van der Waals surface area contributed by atoms with Crippen LogP contribution in [-0.2, 0) is 0 Å². The van der Waals surface area contributed by atoms with Gasteiger partial charge in [0.05, 0.1) is 35.2 Å².